The summed E-state index contributed by atoms with van der Waals surface area (Å²) < 4.78 is 5.72. The summed E-state index contributed by atoms with van der Waals surface area (Å²) in [5.74, 6) is 2.01. The molecule has 3 nitrogen and oxygen atoms in total. The zero-order valence-corrected chi connectivity index (χ0v) is 12.4. The molecule has 0 saturated carbocycles. The molecule has 2 rings (SSSR count). The lowest BCUT2D eigenvalue weighted by atomic mass is 10.2. The predicted octanol–water partition coefficient (Wildman–Crippen LogP) is 4.09. The van der Waals surface area contributed by atoms with E-state index >= 15 is 0 Å². The number of amides is 1. The summed E-state index contributed by atoms with van der Waals surface area (Å²) in [5, 5.41) is 2.83. The zero-order chi connectivity index (χ0) is 14.4. The second-order valence-corrected chi connectivity index (χ2v) is 5.29. The SMILES string of the molecule is CSCC(=O)Nc1ccc(Oc2ccc(C)cc2)cc1. The Balaban J connectivity index is 1.97. The predicted molar refractivity (Wildman–Crippen MR) is 84.7 cm³/mol. The van der Waals surface area contributed by atoms with Crippen molar-refractivity contribution in [2.24, 2.45) is 0 Å². The average molecular weight is 287 g/mol. The molecule has 0 saturated heterocycles. The van der Waals surface area contributed by atoms with Gasteiger partial charge in [-0.3, -0.25) is 4.79 Å². The van der Waals surface area contributed by atoms with Gasteiger partial charge in [-0.05, 0) is 49.6 Å². The zero-order valence-electron chi connectivity index (χ0n) is 11.6. The molecule has 0 aliphatic rings. The summed E-state index contributed by atoms with van der Waals surface area (Å²) in [6.07, 6.45) is 1.90. The Morgan fingerprint density at radius 2 is 1.60 bits per heavy atom. The minimum atomic E-state index is 0.00435. The maximum absolute atomic E-state index is 11.5. The van der Waals surface area contributed by atoms with Crippen LogP contribution in [0.25, 0.3) is 0 Å². The minimum Gasteiger partial charge on any atom is -0.457 e. The van der Waals surface area contributed by atoms with E-state index in [1.54, 1.807) is 0 Å². The molecule has 104 valence electrons. The van der Waals surface area contributed by atoms with E-state index in [0.29, 0.717) is 5.75 Å². The lowest BCUT2D eigenvalue weighted by Gasteiger charge is -2.08. The van der Waals surface area contributed by atoms with E-state index in [0.717, 1.165) is 17.2 Å². The van der Waals surface area contributed by atoms with Crippen LogP contribution in [0, 0.1) is 6.92 Å². The molecule has 0 bridgehead atoms. The molecule has 0 heterocycles. The van der Waals surface area contributed by atoms with Crippen molar-refractivity contribution in [2.75, 3.05) is 17.3 Å². The van der Waals surface area contributed by atoms with E-state index in [2.05, 4.69) is 5.32 Å². The molecule has 2 aromatic carbocycles. The van der Waals surface area contributed by atoms with Gasteiger partial charge in [0, 0.05) is 5.69 Å². The number of anilines is 1. The summed E-state index contributed by atoms with van der Waals surface area (Å²) in [6, 6.07) is 15.2. The van der Waals surface area contributed by atoms with Crippen LogP contribution in [0.15, 0.2) is 48.5 Å². The molecule has 0 unspecified atom stereocenters. The van der Waals surface area contributed by atoms with Crippen molar-refractivity contribution in [1.29, 1.82) is 0 Å². The van der Waals surface area contributed by atoms with Gasteiger partial charge < -0.3 is 10.1 Å². The summed E-state index contributed by atoms with van der Waals surface area (Å²) >= 11 is 1.50. The number of thioether (sulfide) groups is 1. The second-order valence-electron chi connectivity index (χ2n) is 4.42. The standard InChI is InChI=1S/C16H17NO2S/c1-12-3-7-14(8-4-12)19-15-9-5-13(6-10-15)17-16(18)11-20-2/h3-10H,11H2,1-2H3,(H,17,18). The van der Waals surface area contributed by atoms with Gasteiger partial charge in [-0.15, -0.1) is 0 Å². The number of carbonyl (C=O) groups is 1. The molecule has 1 N–H and O–H groups in total. The van der Waals surface area contributed by atoms with Crippen molar-refractivity contribution in [3.05, 3.63) is 54.1 Å². The molecule has 0 aliphatic heterocycles. The molecule has 0 atom stereocenters. The molecule has 2 aromatic rings. The van der Waals surface area contributed by atoms with Gasteiger partial charge in [0.1, 0.15) is 11.5 Å². The smallest absolute Gasteiger partial charge is 0.234 e. The number of carbonyl (C=O) groups excluding carboxylic acids is 1. The Kier molecular flexibility index (Phi) is 5.07. The summed E-state index contributed by atoms with van der Waals surface area (Å²) in [5.41, 5.74) is 1.98. The Morgan fingerprint density at radius 1 is 1.05 bits per heavy atom. The van der Waals surface area contributed by atoms with Crippen LogP contribution in [0.1, 0.15) is 5.56 Å². The van der Waals surface area contributed by atoms with Crippen molar-refractivity contribution in [2.45, 2.75) is 6.92 Å². The number of ether oxygens (including phenoxy) is 1. The first kappa shape index (κ1) is 14.5. The number of benzene rings is 2. The van der Waals surface area contributed by atoms with E-state index in [4.69, 9.17) is 4.74 Å². The van der Waals surface area contributed by atoms with Crippen molar-refractivity contribution in [3.8, 4) is 11.5 Å². The van der Waals surface area contributed by atoms with Crippen LogP contribution in [0.4, 0.5) is 5.69 Å². The van der Waals surface area contributed by atoms with Crippen molar-refractivity contribution in [1.82, 2.24) is 0 Å². The first-order chi connectivity index (χ1) is 9.67. The molecule has 20 heavy (non-hydrogen) atoms. The Bertz CT molecular complexity index is 564. The highest BCUT2D eigenvalue weighted by Crippen LogP contribution is 2.23. The summed E-state index contributed by atoms with van der Waals surface area (Å²) in [7, 11) is 0. The fourth-order valence-electron chi connectivity index (χ4n) is 1.68. The molecule has 0 aromatic heterocycles. The van der Waals surface area contributed by atoms with Crippen molar-refractivity contribution < 1.29 is 9.53 Å². The van der Waals surface area contributed by atoms with E-state index in [-0.39, 0.29) is 5.91 Å². The monoisotopic (exact) mass is 287 g/mol. The topological polar surface area (TPSA) is 38.3 Å². The maximum Gasteiger partial charge on any atom is 0.234 e. The van der Waals surface area contributed by atoms with Crippen LogP contribution < -0.4 is 10.1 Å². The third-order valence-corrected chi connectivity index (χ3v) is 3.22. The quantitative estimate of drug-likeness (QED) is 0.900. The third-order valence-electron chi connectivity index (χ3n) is 2.67. The van der Waals surface area contributed by atoms with Crippen LogP contribution in [-0.4, -0.2) is 17.9 Å². The van der Waals surface area contributed by atoms with Gasteiger partial charge in [0.05, 0.1) is 5.75 Å². The van der Waals surface area contributed by atoms with Crippen LogP contribution in [0.5, 0.6) is 11.5 Å². The maximum atomic E-state index is 11.5. The van der Waals surface area contributed by atoms with Crippen LogP contribution >= 0.6 is 11.8 Å². The molecule has 0 aliphatic carbocycles. The van der Waals surface area contributed by atoms with Gasteiger partial charge >= 0.3 is 0 Å². The Morgan fingerprint density at radius 3 is 2.15 bits per heavy atom. The number of aryl methyl sites for hydroxylation is 1. The van der Waals surface area contributed by atoms with E-state index in [9.17, 15) is 4.79 Å². The lowest BCUT2D eigenvalue weighted by Crippen LogP contribution is -2.13. The third kappa shape index (κ3) is 4.31. The average Bonchev–Trinajstić information content (AvgIpc) is 2.44. The first-order valence-corrected chi connectivity index (χ1v) is 7.70. The van der Waals surface area contributed by atoms with Crippen molar-refractivity contribution in [3.63, 3.8) is 0 Å². The van der Waals surface area contributed by atoms with E-state index < -0.39 is 0 Å². The molecular weight excluding hydrogens is 270 g/mol. The Hall–Kier alpha value is -1.94. The fourth-order valence-corrected chi connectivity index (χ4v) is 2.01. The van der Waals surface area contributed by atoms with Gasteiger partial charge in [0.2, 0.25) is 5.91 Å². The molecule has 0 fully saturated rings. The van der Waals surface area contributed by atoms with Crippen LogP contribution in [0.2, 0.25) is 0 Å². The van der Waals surface area contributed by atoms with Gasteiger partial charge in [-0.1, -0.05) is 17.7 Å². The number of hydrogen-bond acceptors (Lipinski definition) is 3. The van der Waals surface area contributed by atoms with Gasteiger partial charge in [0.15, 0.2) is 0 Å². The van der Waals surface area contributed by atoms with Crippen LogP contribution in [-0.2, 0) is 4.79 Å². The highest BCUT2D eigenvalue weighted by atomic mass is 32.2. The second kappa shape index (κ2) is 7.01. The van der Waals surface area contributed by atoms with Gasteiger partial charge in [0.25, 0.3) is 0 Å². The van der Waals surface area contributed by atoms with Gasteiger partial charge in [-0.25, -0.2) is 0 Å². The van der Waals surface area contributed by atoms with Crippen LogP contribution in [0.3, 0.4) is 0 Å². The van der Waals surface area contributed by atoms with Crippen molar-refractivity contribution >= 4 is 23.4 Å². The highest BCUT2D eigenvalue weighted by Gasteiger charge is 2.02. The molecule has 4 heteroatoms. The fraction of sp³-hybridized carbons (Fsp3) is 0.188. The lowest BCUT2D eigenvalue weighted by molar-refractivity contribution is -0.113. The highest BCUT2D eigenvalue weighted by molar-refractivity contribution is 7.99. The number of nitrogens with one attached hydrogen (secondary N) is 1. The molecule has 0 spiro atoms. The Labute approximate surface area is 123 Å². The number of hydrogen-bond donors (Lipinski definition) is 1. The van der Waals surface area contributed by atoms with Gasteiger partial charge in [-0.2, -0.15) is 11.8 Å². The normalized spacial score (nSPS) is 10.1. The largest absolute Gasteiger partial charge is 0.457 e. The molecule has 0 radical (unpaired) electrons. The summed E-state index contributed by atoms with van der Waals surface area (Å²) in [4.78, 5) is 11.5. The summed E-state index contributed by atoms with van der Waals surface area (Å²) in [6.45, 7) is 2.04. The molecular formula is C16H17NO2S. The van der Waals surface area contributed by atoms with E-state index in [1.165, 1.54) is 17.3 Å². The van der Waals surface area contributed by atoms with E-state index in [1.807, 2.05) is 61.7 Å². The first-order valence-electron chi connectivity index (χ1n) is 6.31. The molecule has 1 amide bonds. The minimum absolute atomic E-state index is 0.00435. The number of rotatable bonds is 5.